The first-order valence-corrected chi connectivity index (χ1v) is 5.31. The molecule has 0 aromatic heterocycles. The van der Waals surface area contributed by atoms with Crippen molar-refractivity contribution in [3.63, 3.8) is 0 Å². The summed E-state index contributed by atoms with van der Waals surface area (Å²) in [6.45, 7) is 2.37. The first-order valence-electron chi connectivity index (χ1n) is 5.31. The van der Waals surface area contributed by atoms with E-state index in [4.69, 9.17) is 10.8 Å². The van der Waals surface area contributed by atoms with Gasteiger partial charge in [-0.25, -0.2) is 4.79 Å². The number of carbonyl (C=O) groups excluding carboxylic acids is 1. The number of nitrogens with two attached hydrogens (primary N) is 1. The molecule has 0 heterocycles. The summed E-state index contributed by atoms with van der Waals surface area (Å²) in [6.07, 6.45) is 0. The number of hydrogen-bond acceptors (Lipinski definition) is 5. The lowest BCUT2D eigenvalue weighted by atomic mass is 10.1. The van der Waals surface area contributed by atoms with E-state index in [1.54, 1.807) is 6.07 Å². The molecule has 0 aliphatic heterocycles. The number of methoxy groups -OCH3 is 1. The second kappa shape index (κ2) is 5.54. The fraction of sp³-hybridized carbons (Fsp3) is 0.417. The van der Waals surface area contributed by atoms with Crippen LogP contribution >= 0.6 is 0 Å². The summed E-state index contributed by atoms with van der Waals surface area (Å²) in [4.78, 5) is 13.4. The number of aliphatic hydroxyl groups is 1. The van der Waals surface area contributed by atoms with Gasteiger partial charge in [-0.15, -0.1) is 0 Å². The number of ether oxygens (including phenoxy) is 1. The summed E-state index contributed by atoms with van der Waals surface area (Å²) in [5, 5.41) is 8.89. The molecule has 1 rings (SSSR count). The van der Waals surface area contributed by atoms with E-state index < -0.39 is 5.97 Å². The SMILES string of the molecule is COC(=O)c1cc(N(C)CCO)cc(C)c1N. The summed E-state index contributed by atoms with van der Waals surface area (Å²) < 4.78 is 4.68. The molecule has 17 heavy (non-hydrogen) atoms. The maximum absolute atomic E-state index is 11.5. The zero-order valence-corrected chi connectivity index (χ0v) is 10.4. The van der Waals surface area contributed by atoms with E-state index in [2.05, 4.69) is 4.74 Å². The number of likely N-dealkylation sites (N-methyl/N-ethyl adjacent to an activating group) is 1. The maximum atomic E-state index is 11.5. The van der Waals surface area contributed by atoms with Crippen LogP contribution < -0.4 is 10.6 Å². The van der Waals surface area contributed by atoms with Crippen molar-refractivity contribution in [1.82, 2.24) is 0 Å². The Morgan fingerprint density at radius 2 is 2.18 bits per heavy atom. The van der Waals surface area contributed by atoms with Gasteiger partial charge < -0.3 is 20.5 Å². The Bertz CT molecular complexity index is 418. The number of nitrogens with zero attached hydrogens (tertiary/aromatic N) is 1. The summed E-state index contributed by atoms with van der Waals surface area (Å²) in [6, 6.07) is 3.54. The van der Waals surface area contributed by atoms with Gasteiger partial charge in [-0.2, -0.15) is 0 Å². The van der Waals surface area contributed by atoms with Gasteiger partial charge in [0.15, 0.2) is 0 Å². The van der Waals surface area contributed by atoms with E-state index >= 15 is 0 Å². The van der Waals surface area contributed by atoms with Gasteiger partial charge in [0.2, 0.25) is 0 Å². The average Bonchev–Trinajstić information content (AvgIpc) is 2.31. The predicted molar refractivity (Wildman–Crippen MR) is 67.3 cm³/mol. The number of nitrogen functional groups attached to an aromatic ring is 1. The standard InChI is InChI=1S/C12H18N2O3/c1-8-6-9(14(2)4-5-15)7-10(11(8)13)12(16)17-3/h6-7,15H,4-5,13H2,1-3H3. The minimum Gasteiger partial charge on any atom is -0.465 e. The molecule has 0 saturated carbocycles. The van der Waals surface area contributed by atoms with Crippen LogP contribution in [-0.4, -0.2) is 38.4 Å². The number of esters is 1. The van der Waals surface area contributed by atoms with Crippen molar-refractivity contribution >= 4 is 17.3 Å². The molecule has 0 bridgehead atoms. The summed E-state index contributed by atoms with van der Waals surface area (Å²) >= 11 is 0. The van der Waals surface area contributed by atoms with Crippen molar-refractivity contribution in [2.24, 2.45) is 0 Å². The van der Waals surface area contributed by atoms with Crippen LogP contribution in [0.2, 0.25) is 0 Å². The molecule has 0 amide bonds. The van der Waals surface area contributed by atoms with Crippen molar-refractivity contribution < 1.29 is 14.6 Å². The molecule has 94 valence electrons. The van der Waals surface area contributed by atoms with Gasteiger partial charge in [0.1, 0.15) is 0 Å². The minimum absolute atomic E-state index is 0.0491. The zero-order valence-electron chi connectivity index (χ0n) is 10.4. The van der Waals surface area contributed by atoms with Crippen LogP contribution in [0.3, 0.4) is 0 Å². The Kier molecular flexibility index (Phi) is 4.34. The Hall–Kier alpha value is -1.75. The molecule has 0 aliphatic carbocycles. The molecule has 0 saturated heterocycles. The van der Waals surface area contributed by atoms with E-state index in [9.17, 15) is 4.79 Å². The monoisotopic (exact) mass is 238 g/mol. The summed E-state index contributed by atoms with van der Waals surface area (Å²) in [5.41, 5.74) is 8.25. The lowest BCUT2D eigenvalue weighted by Crippen LogP contribution is -2.22. The number of anilines is 2. The van der Waals surface area contributed by atoms with E-state index in [0.717, 1.165) is 11.3 Å². The Morgan fingerprint density at radius 1 is 1.53 bits per heavy atom. The number of rotatable bonds is 4. The minimum atomic E-state index is -0.454. The van der Waals surface area contributed by atoms with Gasteiger partial charge in [0, 0.05) is 25.0 Å². The quantitative estimate of drug-likeness (QED) is 0.599. The average molecular weight is 238 g/mol. The maximum Gasteiger partial charge on any atom is 0.340 e. The molecule has 0 spiro atoms. The van der Waals surface area contributed by atoms with Gasteiger partial charge in [-0.3, -0.25) is 0 Å². The van der Waals surface area contributed by atoms with E-state index in [1.165, 1.54) is 7.11 Å². The van der Waals surface area contributed by atoms with Crippen LogP contribution in [0.25, 0.3) is 0 Å². The Balaban J connectivity index is 3.18. The highest BCUT2D eigenvalue weighted by Crippen LogP contribution is 2.25. The molecule has 1 aromatic rings. The normalized spacial score (nSPS) is 10.1. The number of carbonyl (C=O) groups is 1. The Morgan fingerprint density at radius 3 is 2.71 bits per heavy atom. The van der Waals surface area contributed by atoms with Crippen LogP contribution in [0.1, 0.15) is 15.9 Å². The molecule has 0 aliphatic rings. The molecular weight excluding hydrogens is 220 g/mol. The van der Waals surface area contributed by atoms with Crippen LogP contribution in [0.4, 0.5) is 11.4 Å². The molecule has 5 heteroatoms. The van der Waals surface area contributed by atoms with Crippen LogP contribution in [0.15, 0.2) is 12.1 Å². The second-order valence-electron chi connectivity index (χ2n) is 3.86. The smallest absolute Gasteiger partial charge is 0.340 e. The van der Waals surface area contributed by atoms with Crippen LogP contribution in [0, 0.1) is 6.92 Å². The molecular formula is C12H18N2O3. The van der Waals surface area contributed by atoms with Gasteiger partial charge in [0.05, 0.1) is 19.3 Å². The molecule has 0 radical (unpaired) electrons. The fourth-order valence-electron chi connectivity index (χ4n) is 1.56. The lowest BCUT2D eigenvalue weighted by Gasteiger charge is -2.20. The topological polar surface area (TPSA) is 75.8 Å². The first-order chi connectivity index (χ1) is 8.01. The summed E-state index contributed by atoms with van der Waals surface area (Å²) in [5.74, 6) is -0.454. The number of aryl methyl sites for hydroxylation is 1. The van der Waals surface area contributed by atoms with Crippen LogP contribution in [0.5, 0.6) is 0 Å². The second-order valence-corrected chi connectivity index (χ2v) is 3.86. The van der Waals surface area contributed by atoms with E-state index in [-0.39, 0.29) is 6.61 Å². The molecule has 3 N–H and O–H groups in total. The predicted octanol–water partition coefficient (Wildman–Crippen LogP) is 0.792. The highest BCUT2D eigenvalue weighted by atomic mass is 16.5. The highest BCUT2D eigenvalue weighted by Gasteiger charge is 2.14. The van der Waals surface area contributed by atoms with Crippen molar-refractivity contribution in [1.29, 1.82) is 0 Å². The molecule has 0 atom stereocenters. The van der Waals surface area contributed by atoms with Gasteiger partial charge in [0.25, 0.3) is 0 Å². The lowest BCUT2D eigenvalue weighted by molar-refractivity contribution is 0.0602. The third-order valence-corrected chi connectivity index (χ3v) is 2.65. The summed E-state index contributed by atoms with van der Waals surface area (Å²) in [7, 11) is 3.16. The molecule has 0 fully saturated rings. The fourth-order valence-corrected chi connectivity index (χ4v) is 1.56. The van der Waals surface area contributed by atoms with Crippen molar-refractivity contribution in [3.8, 4) is 0 Å². The number of aliphatic hydroxyl groups excluding tert-OH is 1. The van der Waals surface area contributed by atoms with Crippen LogP contribution in [-0.2, 0) is 4.74 Å². The van der Waals surface area contributed by atoms with Crippen molar-refractivity contribution in [2.45, 2.75) is 6.92 Å². The highest BCUT2D eigenvalue weighted by molar-refractivity contribution is 5.97. The molecule has 0 unspecified atom stereocenters. The first kappa shape index (κ1) is 13.3. The number of hydrogen-bond donors (Lipinski definition) is 2. The zero-order chi connectivity index (χ0) is 13.0. The van der Waals surface area contributed by atoms with Gasteiger partial charge in [-0.1, -0.05) is 0 Å². The van der Waals surface area contributed by atoms with E-state index in [0.29, 0.717) is 17.8 Å². The van der Waals surface area contributed by atoms with Gasteiger partial charge in [-0.05, 0) is 24.6 Å². The third kappa shape index (κ3) is 2.88. The largest absolute Gasteiger partial charge is 0.465 e. The molecule has 1 aromatic carbocycles. The third-order valence-electron chi connectivity index (χ3n) is 2.65. The van der Waals surface area contributed by atoms with E-state index in [1.807, 2.05) is 24.9 Å². The van der Waals surface area contributed by atoms with Crippen molar-refractivity contribution in [3.05, 3.63) is 23.3 Å². The Labute approximate surface area is 101 Å². The molecule has 5 nitrogen and oxygen atoms in total. The van der Waals surface area contributed by atoms with Gasteiger partial charge >= 0.3 is 5.97 Å². The number of benzene rings is 1. The van der Waals surface area contributed by atoms with Crippen molar-refractivity contribution in [2.75, 3.05) is 37.9 Å².